The summed E-state index contributed by atoms with van der Waals surface area (Å²) in [5, 5.41) is -0.672. The van der Waals surface area contributed by atoms with E-state index in [1.807, 2.05) is 0 Å². The van der Waals surface area contributed by atoms with Crippen LogP contribution in [0.4, 0.5) is 0 Å². The zero-order chi connectivity index (χ0) is 15.0. The zero-order valence-corrected chi connectivity index (χ0v) is 12.8. The highest BCUT2D eigenvalue weighted by Gasteiger charge is 2.46. The summed E-state index contributed by atoms with van der Waals surface area (Å²) in [4.78, 5) is 16.7. The molecule has 114 valence electrons. The largest absolute Gasteiger partial charge is 0.495 e. The number of carbonyl (C=O) groups is 1. The van der Waals surface area contributed by atoms with Gasteiger partial charge in [-0.15, -0.1) is 0 Å². The fourth-order valence-electron chi connectivity index (χ4n) is 3.48. The van der Waals surface area contributed by atoms with Gasteiger partial charge in [0.1, 0.15) is 11.4 Å². The van der Waals surface area contributed by atoms with E-state index < -0.39 is 9.84 Å². The Morgan fingerprint density at radius 3 is 2.43 bits per heavy atom. The highest BCUT2D eigenvalue weighted by Crippen LogP contribution is 2.40. The first kappa shape index (κ1) is 14.5. The summed E-state index contributed by atoms with van der Waals surface area (Å²) in [6, 6.07) is 3.36. The van der Waals surface area contributed by atoms with Crippen molar-refractivity contribution in [1.82, 2.24) is 4.98 Å². The van der Waals surface area contributed by atoms with Gasteiger partial charge in [-0.1, -0.05) is 6.42 Å². The van der Waals surface area contributed by atoms with E-state index >= 15 is 0 Å². The maximum Gasteiger partial charge on any atom is 0.184 e. The molecule has 2 atom stereocenters. The minimum atomic E-state index is -3.02. The molecule has 1 aromatic heterocycles. The molecule has 0 N–H and O–H groups in total. The Bertz CT molecular complexity index is 618. The SMILES string of the molecule is COc1ccc(C(=O)C2CC3CCCC(C2)S3(=O)=O)nc1. The third kappa shape index (κ3) is 2.57. The summed E-state index contributed by atoms with van der Waals surface area (Å²) in [6.45, 7) is 0. The number of carbonyl (C=O) groups excluding carboxylic acids is 1. The Morgan fingerprint density at radius 2 is 1.90 bits per heavy atom. The predicted molar refractivity (Wildman–Crippen MR) is 78.2 cm³/mol. The highest BCUT2D eigenvalue weighted by atomic mass is 32.2. The lowest BCUT2D eigenvalue weighted by Gasteiger charge is -2.37. The number of ketones is 1. The van der Waals surface area contributed by atoms with Gasteiger partial charge in [0.25, 0.3) is 0 Å². The van der Waals surface area contributed by atoms with Crippen molar-refractivity contribution in [2.75, 3.05) is 7.11 Å². The second kappa shape index (κ2) is 5.40. The van der Waals surface area contributed by atoms with E-state index in [0.717, 1.165) is 6.42 Å². The van der Waals surface area contributed by atoms with Crippen molar-refractivity contribution >= 4 is 15.6 Å². The Morgan fingerprint density at radius 1 is 1.24 bits per heavy atom. The van der Waals surface area contributed by atoms with Gasteiger partial charge in [-0.05, 0) is 37.8 Å². The number of methoxy groups -OCH3 is 1. The molecule has 2 fully saturated rings. The first-order valence-corrected chi connectivity index (χ1v) is 8.90. The lowest BCUT2D eigenvalue weighted by atomic mass is 9.85. The van der Waals surface area contributed by atoms with Gasteiger partial charge in [0.2, 0.25) is 0 Å². The predicted octanol–water partition coefficient (Wildman–Crippen LogP) is 2.02. The van der Waals surface area contributed by atoms with Crippen molar-refractivity contribution in [2.24, 2.45) is 5.92 Å². The Kier molecular flexibility index (Phi) is 3.73. The lowest BCUT2D eigenvalue weighted by molar-refractivity contribution is 0.0888. The standard InChI is InChI=1S/C15H19NO4S/c1-20-11-5-6-14(16-9-11)15(17)10-7-12-3-2-4-13(8-10)21(12,18)19/h5-6,9-10,12-13H,2-4,7-8H2,1H3. The number of sulfone groups is 1. The topological polar surface area (TPSA) is 73.3 Å². The molecule has 3 heterocycles. The van der Waals surface area contributed by atoms with E-state index in [0.29, 0.717) is 37.1 Å². The second-order valence-corrected chi connectivity index (χ2v) is 8.39. The Labute approximate surface area is 124 Å². The minimum Gasteiger partial charge on any atom is -0.495 e. The van der Waals surface area contributed by atoms with Gasteiger partial charge >= 0.3 is 0 Å². The number of aromatic nitrogens is 1. The molecular formula is C15H19NO4S. The molecule has 1 aromatic rings. The van der Waals surface area contributed by atoms with Crippen LogP contribution in [0.3, 0.4) is 0 Å². The van der Waals surface area contributed by atoms with Crippen LogP contribution in [0.25, 0.3) is 0 Å². The fraction of sp³-hybridized carbons (Fsp3) is 0.600. The number of ether oxygens (including phenoxy) is 1. The maximum absolute atomic E-state index is 12.5. The number of nitrogens with zero attached hydrogens (tertiary/aromatic N) is 1. The van der Waals surface area contributed by atoms with Gasteiger partial charge in [-0.2, -0.15) is 0 Å². The normalized spacial score (nSPS) is 30.6. The van der Waals surface area contributed by atoms with Gasteiger partial charge in [0.15, 0.2) is 15.6 Å². The summed E-state index contributed by atoms with van der Waals surface area (Å²) >= 11 is 0. The van der Waals surface area contributed by atoms with Crippen LogP contribution < -0.4 is 4.74 Å². The van der Waals surface area contributed by atoms with Crippen LogP contribution in [0, 0.1) is 5.92 Å². The fourth-order valence-corrected chi connectivity index (χ4v) is 6.01. The van der Waals surface area contributed by atoms with Crippen molar-refractivity contribution < 1.29 is 17.9 Å². The zero-order valence-electron chi connectivity index (χ0n) is 12.0. The molecule has 2 bridgehead atoms. The molecule has 0 aliphatic carbocycles. The molecule has 0 spiro atoms. The van der Waals surface area contributed by atoms with Crippen LogP contribution in [-0.2, 0) is 9.84 Å². The van der Waals surface area contributed by atoms with E-state index in [1.54, 1.807) is 19.2 Å². The van der Waals surface area contributed by atoms with Crippen molar-refractivity contribution in [1.29, 1.82) is 0 Å². The molecule has 2 unspecified atom stereocenters. The van der Waals surface area contributed by atoms with Gasteiger partial charge in [0, 0.05) is 5.92 Å². The first-order valence-electron chi connectivity index (χ1n) is 7.29. The van der Waals surface area contributed by atoms with Crippen LogP contribution in [0.2, 0.25) is 0 Å². The third-order valence-corrected chi connectivity index (χ3v) is 7.39. The Balaban J connectivity index is 1.80. The quantitative estimate of drug-likeness (QED) is 0.799. The lowest BCUT2D eigenvalue weighted by Crippen LogP contribution is -2.45. The van der Waals surface area contributed by atoms with Crippen molar-refractivity contribution in [3.05, 3.63) is 24.0 Å². The van der Waals surface area contributed by atoms with E-state index in [-0.39, 0.29) is 22.2 Å². The van der Waals surface area contributed by atoms with Crippen LogP contribution >= 0.6 is 0 Å². The monoisotopic (exact) mass is 309 g/mol. The molecule has 0 radical (unpaired) electrons. The average Bonchev–Trinajstić information content (AvgIpc) is 2.45. The van der Waals surface area contributed by atoms with Gasteiger partial charge in [-0.3, -0.25) is 4.79 Å². The van der Waals surface area contributed by atoms with Crippen LogP contribution in [0.15, 0.2) is 18.3 Å². The molecule has 5 nitrogen and oxygen atoms in total. The van der Waals surface area contributed by atoms with E-state index in [2.05, 4.69) is 4.98 Å². The summed E-state index contributed by atoms with van der Waals surface area (Å²) < 4.78 is 29.5. The molecule has 0 saturated carbocycles. The van der Waals surface area contributed by atoms with Crippen LogP contribution in [0.5, 0.6) is 5.75 Å². The first-order chi connectivity index (χ1) is 10.0. The molecule has 2 saturated heterocycles. The number of Topliss-reactive ketones (excluding diaryl/α,β-unsaturated/α-hetero) is 1. The van der Waals surface area contributed by atoms with Crippen LogP contribution in [0.1, 0.15) is 42.6 Å². The van der Waals surface area contributed by atoms with E-state index in [4.69, 9.17) is 4.74 Å². The number of pyridine rings is 1. The summed E-state index contributed by atoms with van der Waals surface area (Å²) in [6.07, 6.45) is 4.76. The van der Waals surface area contributed by atoms with E-state index in [1.165, 1.54) is 6.20 Å². The molecule has 6 heteroatoms. The summed E-state index contributed by atoms with van der Waals surface area (Å²) in [7, 11) is -1.47. The molecule has 21 heavy (non-hydrogen) atoms. The van der Waals surface area contributed by atoms with Gasteiger partial charge in [-0.25, -0.2) is 13.4 Å². The maximum atomic E-state index is 12.5. The number of rotatable bonds is 3. The molecule has 2 aliphatic rings. The number of hydrogen-bond donors (Lipinski definition) is 0. The minimum absolute atomic E-state index is 0.0375. The molecular weight excluding hydrogens is 290 g/mol. The Hall–Kier alpha value is -1.43. The average molecular weight is 309 g/mol. The van der Waals surface area contributed by atoms with Crippen molar-refractivity contribution in [3.8, 4) is 5.75 Å². The highest BCUT2D eigenvalue weighted by molar-refractivity contribution is 7.92. The van der Waals surface area contributed by atoms with E-state index in [9.17, 15) is 13.2 Å². The van der Waals surface area contributed by atoms with Crippen molar-refractivity contribution in [3.63, 3.8) is 0 Å². The molecule has 0 amide bonds. The smallest absolute Gasteiger partial charge is 0.184 e. The molecule has 0 aromatic carbocycles. The van der Waals surface area contributed by atoms with Crippen molar-refractivity contribution in [2.45, 2.75) is 42.6 Å². The third-order valence-electron chi connectivity index (χ3n) is 4.67. The molecule has 2 aliphatic heterocycles. The summed E-state index contributed by atoms with van der Waals surface area (Å²) in [5.74, 6) is 0.351. The van der Waals surface area contributed by atoms with Gasteiger partial charge in [0.05, 0.1) is 23.8 Å². The number of fused-ring (bicyclic) bond motifs is 2. The summed E-state index contributed by atoms with van der Waals surface area (Å²) in [5.41, 5.74) is 0.401. The van der Waals surface area contributed by atoms with Gasteiger partial charge < -0.3 is 4.74 Å². The van der Waals surface area contributed by atoms with Crippen LogP contribution in [-0.4, -0.2) is 36.8 Å². The number of hydrogen-bond acceptors (Lipinski definition) is 5. The second-order valence-electron chi connectivity index (χ2n) is 5.88. The molecule has 3 rings (SSSR count).